The first-order chi connectivity index (χ1) is 6.20. The minimum Gasteiger partial charge on any atom is -0.377 e. The maximum absolute atomic E-state index is 5.35. The molecule has 0 aliphatic carbocycles. The molecule has 0 spiro atoms. The number of hydrogen-bond acceptors (Lipinski definition) is 4. The van der Waals surface area contributed by atoms with Crippen molar-refractivity contribution >= 4 is 0 Å². The Kier molecular flexibility index (Phi) is 6.24. The number of hydrogen-bond donors (Lipinski definition) is 0. The Morgan fingerprint density at radius 3 is 1.69 bits per heavy atom. The highest BCUT2D eigenvalue weighted by atomic mass is 16.7. The lowest BCUT2D eigenvalue weighted by Crippen LogP contribution is -2.54. The molecule has 0 aliphatic rings. The van der Waals surface area contributed by atoms with Gasteiger partial charge in [-0.1, -0.05) is 13.8 Å². The molecule has 0 aromatic carbocycles. The van der Waals surface area contributed by atoms with E-state index >= 15 is 0 Å². The van der Waals surface area contributed by atoms with Crippen molar-refractivity contribution < 1.29 is 14.2 Å². The second kappa shape index (κ2) is 6.32. The highest BCUT2D eigenvalue weighted by Crippen LogP contribution is 2.17. The summed E-state index contributed by atoms with van der Waals surface area (Å²) in [5, 5.41) is 0. The monoisotopic (exact) mass is 191 g/mol. The molecule has 0 saturated carbocycles. The van der Waals surface area contributed by atoms with E-state index < -0.39 is 5.91 Å². The van der Waals surface area contributed by atoms with Gasteiger partial charge in [-0.15, -0.1) is 0 Å². The maximum Gasteiger partial charge on any atom is 0.254 e. The number of methoxy groups -OCH3 is 3. The summed E-state index contributed by atoms with van der Waals surface area (Å²) in [7, 11) is 4.89. The minimum absolute atomic E-state index is 0.404. The minimum atomic E-state index is -0.738. The summed E-state index contributed by atoms with van der Waals surface area (Å²) >= 11 is 0. The normalized spacial score (nSPS) is 12.5. The Morgan fingerprint density at radius 1 is 1.00 bits per heavy atom. The predicted molar refractivity (Wildman–Crippen MR) is 51.5 cm³/mol. The Labute approximate surface area is 80.8 Å². The van der Waals surface area contributed by atoms with Crippen LogP contribution in [0, 0.1) is 0 Å². The van der Waals surface area contributed by atoms with Crippen molar-refractivity contribution in [1.82, 2.24) is 4.90 Å². The molecule has 0 saturated heterocycles. The first-order valence-corrected chi connectivity index (χ1v) is 4.55. The van der Waals surface area contributed by atoms with Crippen molar-refractivity contribution in [1.29, 1.82) is 0 Å². The summed E-state index contributed by atoms with van der Waals surface area (Å²) in [6.07, 6.45) is 0. The van der Waals surface area contributed by atoms with Gasteiger partial charge in [-0.05, 0) is 0 Å². The highest BCUT2D eigenvalue weighted by Gasteiger charge is 2.35. The molecule has 0 fully saturated rings. The Morgan fingerprint density at radius 2 is 1.46 bits per heavy atom. The first-order valence-electron chi connectivity index (χ1n) is 4.55. The van der Waals surface area contributed by atoms with Crippen LogP contribution in [0.15, 0.2) is 0 Å². The van der Waals surface area contributed by atoms with Crippen molar-refractivity contribution in [2.75, 3.05) is 41.0 Å². The zero-order chi connectivity index (χ0) is 10.3. The average molecular weight is 191 g/mol. The molecule has 0 aromatic rings. The van der Waals surface area contributed by atoms with E-state index in [1.165, 1.54) is 0 Å². The maximum atomic E-state index is 5.35. The van der Waals surface area contributed by atoms with E-state index in [4.69, 9.17) is 14.2 Å². The predicted octanol–water partition coefficient (Wildman–Crippen LogP) is 0.921. The second-order valence-electron chi connectivity index (χ2n) is 2.73. The number of ether oxygens (including phenoxy) is 3. The molecule has 4 heteroatoms. The van der Waals surface area contributed by atoms with Gasteiger partial charge in [-0.2, -0.15) is 0 Å². The van der Waals surface area contributed by atoms with Gasteiger partial charge in [0.05, 0.1) is 0 Å². The van der Waals surface area contributed by atoms with Crippen LogP contribution >= 0.6 is 0 Å². The fourth-order valence-corrected chi connectivity index (χ4v) is 1.44. The zero-order valence-electron chi connectivity index (χ0n) is 9.29. The fourth-order valence-electron chi connectivity index (χ4n) is 1.44. The summed E-state index contributed by atoms with van der Waals surface area (Å²) in [6, 6.07) is 0. The molecule has 80 valence electrons. The van der Waals surface area contributed by atoms with Gasteiger partial charge < -0.3 is 14.2 Å². The molecule has 0 heterocycles. The van der Waals surface area contributed by atoms with E-state index in [1.54, 1.807) is 21.3 Å². The molecule has 0 unspecified atom stereocenters. The Balaban J connectivity index is 4.50. The smallest absolute Gasteiger partial charge is 0.254 e. The van der Waals surface area contributed by atoms with Crippen LogP contribution in [-0.4, -0.2) is 51.8 Å². The lowest BCUT2D eigenvalue weighted by atomic mass is 10.4. The van der Waals surface area contributed by atoms with E-state index in [2.05, 4.69) is 18.7 Å². The molecule has 0 aliphatic heterocycles. The van der Waals surface area contributed by atoms with Crippen molar-refractivity contribution in [3.63, 3.8) is 0 Å². The molecule has 0 rings (SSSR count). The number of likely N-dealkylation sites (N-methyl/N-ethyl adjacent to an activating group) is 1. The third-order valence-electron chi connectivity index (χ3n) is 2.21. The van der Waals surface area contributed by atoms with Crippen molar-refractivity contribution in [3.8, 4) is 0 Å². The highest BCUT2D eigenvalue weighted by molar-refractivity contribution is 4.69. The van der Waals surface area contributed by atoms with E-state index in [0.29, 0.717) is 6.61 Å². The van der Waals surface area contributed by atoms with Gasteiger partial charge in [0.15, 0.2) is 0 Å². The standard InChI is InChI=1S/C9H21NO3/c1-6-10(7-2)9(12-4,13-5)8-11-3/h6-8H2,1-5H3. The quantitative estimate of drug-likeness (QED) is 0.560. The van der Waals surface area contributed by atoms with E-state index in [0.717, 1.165) is 13.1 Å². The lowest BCUT2D eigenvalue weighted by molar-refractivity contribution is -0.311. The van der Waals surface area contributed by atoms with Crippen LogP contribution in [0.2, 0.25) is 0 Å². The average Bonchev–Trinajstić information content (AvgIpc) is 2.18. The van der Waals surface area contributed by atoms with Crippen molar-refractivity contribution in [2.24, 2.45) is 0 Å². The zero-order valence-corrected chi connectivity index (χ0v) is 9.29. The van der Waals surface area contributed by atoms with Crippen LogP contribution < -0.4 is 0 Å². The summed E-state index contributed by atoms with van der Waals surface area (Å²) in [4.78, 5) is 2.07. The van der Waals surface area contributed by atoms with E-state index in [-0.39, 0.29) is 0 Å². The van der Waals surface area contributed by atoms with Crippen LogP contribution in [-0.2, 0) is 14.2 Å². The molecule has 0 amide bonds. The van der Waals surface area contributed by atoms with Crippen LogP contribution in [0.5, 0.6) is 0 Å². The summed E-state index contributed by atoms with van der Waals surface area (Å²) in [5.74, 6) is -0.738. The molecular formula is C9H21NO3. The SMILES string of the molecule is CCN(CC)C(COC)(OC)OC. The summed E-state index contributed by atoms with van der Waals surface area (Å²) < 4.78 is 15.8. The second-order valence-corrected chi connectivity index (χ2v) is 2.73. The molecule has 0 bridgehead atoms. The number of nitrogens with zero attached hydrogens (tertiary/aromatic N) is 1. The Bertz CT molecular complexity index is 122. The largest absolute Gasteiger partial charge is 0.377 e. The fraction of sp³-hybridized carbons (Fsp3) is 1.00. The van der Waals surface area contributed by atoms with Crippen molar-refractivity contribution in [2.45, 2.75) is 19.8 Å². The summed E-state index contributed by atoms with van der Waals surface area (Å²) in [5.41, 5.74) is 0. The van der Waals surface area contributed by atoms with Gasteiger partial charge in [0.25, 0.3) is 5.91 Å². The lowest BCUT2D eigenvalue weighted by Gasteiger charge is -2.39. The van der Waals surface area contributed by atoms with E-state index in [9.17, 15) is 0 Å². The molecule has 0 N–H and O–H groups in total. The van der Waals surface area contributed by atoms with Gasteiger partial charge in [0, 0.05) is 34.4 Å². The molecule has 13 heavy (non-hydrogen) atoms. The van der Waals surface area contributed by atoms with E-state index in [1.807, 2.05) is 0 Å². The molecule has 0 radical (unpaired) electrons. The van der Waals surface area contributed by atoms with Crippen molar-refractivity contribution in [3.05, 3.63) is 0 Å². The van der Waals surface area contributed by atoms with Gasteiger partial charge in [0.2, 0.25) is 0 Å². The van der Waals surface area contributed by atoms with Gasteiger partial charge >= 0.3 is 0 Å². The molecule has 0 atom stereocenters. The summed E-state index contributed by atoms with van der Waals surface area (Å²) in [6.45, 7) is 6.25. The Hall–Kier alpha value is -0.160. The molecular weight excluding hydrogens is 170 g/mol. The van der Waals surface area contributed by atoms with Gasteiger partial charge in [-0.3, -0.25) is 4.90 Å². The molecule has 0 aromatic heterocycles. The van der Waals surface area contributed by atoms with Crippen LogP contribution in [0.1, 0.15) is 13.8 Å². The van der Waals surface area contributed by atoms with Crippen LogP contribution in [0.3, 0.4) is 0 Å². The van der Waals surface area contributed by atoms with Gasteiger partial charge in [-0.25, -0.2) is 0 Å². The van der Waals surface area contributed by atoms with Gasteiger partial charge in [0.1, 0.15) is 6.61 Å². The van der Waals surface area contributed by atoms with Crippen LogP contribution in [0.4, 0.5) is 0 Å². The third kappa shape index (κ3) is 2.91. The third-order valence-corrected chi connectivity index (χ3v) is 2.21. The first kappa shape index (κ1) is 12.8. The number of rotatable bonds is 7. The van der Waals surface area contributed by atoms with Crippen LogP contribution in [0.25, 0.3) is 0 Å². The topological polar surface area (TPSA) is 30.9 Å². The molecule has 4 nitrogen and oxygen atoms in total.